The molecule has 12 rings (SSSR count). The number of hydrogen-bond donors (Lipinski definition) is 0. The van der Waals surface area contributed by atoms with Gasteiger partial charge in [-0.2, -0.15) is 0 Å². The molecule has 3 nitrogen and oxygen atoms in total. The van der Waals surface area contributed by atoms with Crippen LogP contribution >= 0.6 is 0 Å². The molecular weight excluding hydrogens is 703 g/mol. The van der Waals surface area contributed by atoms with Crippen molar-refractivity contribution in [1.29, 1.82) is 0 Å². The average molecular weight is 745 g/mol. The van der Waals surface area contributed by atoms with Crippen molar-refractivity contribution in [2.75, 3.05) is 9.71 Å². The molecule has 0 amide bonds. The summed E-state index contributed by atoms with van der Waals surface area (Å²) in [6.07, 6.45) is 0. The van der Waals surface area contributed by atoms with E-state index in [1.165, 1.54) is 72.5 Å². The van der Waals surface area contributed by atoms with Crippen LogP contribution in [0.15, 0.2) is 180 Å². The highest BCUT2D eigenvalue weighted by molar-refractivity contribution is 6.94. The Kier molecular flexibility index (Phi) is 6.83. The Labute approximate surface area is 339 Å². The van der Waals surface area contributed by atoms with Crippen LogP contribution in [-0.4, -0.2) is 6.85 Å². The van der Waals surface area contributed by atoms with Gasteiger partial charge in [0.2, 0.25) is 0 Å². The summed E-state index contributed by atoms with van der Waals surface area (Å²) in [5.74, 6) is 0. The smallest absolute Gasteiger partial charge is 0.333 e. The Hall–Kier alpha value is -6.78. The van der Waals surface area contributed by atoms with Crippen LogP contribution in [0.3, 0.4) is 0 Å². The summed E-state index contributed by atoms with van der Waals surface area (Å²) in [6.45, 7) is 8.97. The van der Waals surface area contributed by atoms with Gasteiger partial charge in [0.15, 0.2) is 5.58 Å². The summed E-state index contributed by atoms with van der Waals surface area (Å²) in [4.78, 5) is 5.20. The first kappa shape index (κ1) is 33.4. The van der Waals surface area contributed by atoms with E-state index in [0.717, 1.165) is 33.3 Å². The zero-order valence-electron chi connectivity index (χ0n) is 33.1. The molecule has 8 aromatic carbocycles. The fourth-order valence-corrected chi connectivity index (χ4v) is 10.7. The molecule has 3 aliphatic rings. The molecule has 1 aromatic heterocycles. The first-order valence-electron chi connectivity index (χ1n) is 20.5. The molecule has 0 spiro atoms. The van der Waals surface area contributed by atoms with Gasteiger partial charge in [0.1, 0.15) is 5.58 Å². The number of nitrogens with zero attached hydrogens (tertiary/aromatic N) is 2. The molecule has 276 valence electrons. The Balaban J connectivity index is 1.24. The van der Waals surface area contributed by atoms with Gasteiger partial charge < -0.3 is 14.1 Å². The molecule has 0 atom stereocenters. The SMILES string of the molecule is Cc1cc2c3c(c1)N1c4ccccc4C(c4ccccc4)(c4ccccc4)c4cccc(c41)B3N(c1ccc(C(C)(C)C)cc1)c1c-2ccc2c1oc1ccccc12. The molecule has 0 N–H and O–H groups in total. The van der Waals surface area contributed by atoms with E-state index in [-0.39, 0.29) is 12.3 Å². The highest BCUT2D eigenvalue weighted by atomic mass is 16.3. The van der Waals surface area contributed by atoms with Crippen LogP contribution < -0.4 is 20.6 Å². The van der Waals surface area contributed by atoms with Crippen LogP contribution in [0, 0.1) is 6.92 Å². The normalized spacial score (nSPS) is 14.6. The predicted molar refractivity (Wildman–Crippen MR) is 243 cm³/mol. The maximum absolute atomic E-state index is 6.98. The number of fused-ring (bicyclic) bond motifs is 10. The Bertz CT molecular complexity index is 3080. The van der Waals surface area contributed by atoms with Crippen LogP contribution in [0.2, 0.25) is 0 Å². The van der Waals surface area contributed by atoms with E-state index in [9.17, 15) is 0 Å². The first-order chi connectivity index (χ1) is 28.3. The van der Waals surface area contributed by atoms with E-state index in [0.29, 0.717) is 0 Å². The van der Waals surface area contributed by atoms with Gasteiger partial charge in [0.05, 0.1) is 16.8 Å². The van der Waals surface area contributed by atoms with Crippen molar-refractivity contribution >= 4 is 68.1 Å². The molecule has 0 bridgehead atoms. The molecule has 9 aromatic rings. The zero-order chi connectivity index (χ0) is 38.9. The van der Waals surface area contributed by atoms with E-state index >= 15 is 0 Å². The minimum atomic E-state index is -0.567. The third-order valence-corrected chi connectivity index (χ3v) is 13.1. The summed E-state index contributed by atoms with van der Waals surface area (Å²) in [5, 5.41) is 2.27. The van der Waals surface area contributed by atoms with Gasteiger partial charge in [-0.25, -0.2) is 0 Å². The molecular formula is C54H41BN2O. The third kappa shape index (κ3) is 4.35. The molecule has 0 fully saturated rings. The predicted octanol–water partition coefficient (Wildman–Crippen LogP) is 12.6. The van der Waals surface area contributed by atoms with Crippen LogP contribution in [0.1, 0.15) is 54.2 Å². The first-order valence-corrected chi connectivity index (χ1v) is 20.5. The average Bonchev–Trinajstić information content (AvgIpc) is 3.64. The van der Waals surface area contributed by atoms with Crippen molar-refractivity contribution < 1.29 is 4.42 Å². The lowest BCUT2D eigenvalue weighted by atomic mass is 9.42. The standard InChI is InChI=1S/C54H41BN2O/c1-34-32-42-40-30-31-41-39-20-11-14-25-48(39)58-52(41)50(40)57(38-28-26-35(27-29-38)53(2,3)4)55-45-23-15-22-44-51(45)56(47(33-34)49(42)55)46-24-13-12-21-43(46)54(44,36-16-7-5-8-17-36)37-18-9-6-10-19-37/h5-33H,1-4H3. The fourth-order valence-electron chi connectivity index (χ4n) is 10.7. The Morgan fingerprint density at radius 2 is 1.22 bits per heavy atom. The highest BCUT2D eigenvalue weighted by Crippen LogP contribution is 2.59. The number of furan rings is 1. The number of benzene rings is 8. The number of aryl methyl sites for hydroxylation is 1. The molecule has 0 radical (unpaired) electrons. The monoisotopic (exact) mass is 744 g/mol. The quantitative estimate of drug-likeness (QED) is 0.168. The van der Waals surface area contributed by atoms with Crippen molar-refractivity contribution in [3.8, 4) is 11.1 Å². The number of anilines is 5. The second-order valence-corrected chi connectivity index (χ2v) is 17.3. The maximum atomic E-state index is 6.98. The topological polar surface area (TPSA) is 19.6 Å². The van der Waals surface area contributed by atoms with Crippen LogP contribution in [0.25, 0.3) is 33.1 Å². The van der Waals surface area contributed by atoms with Crippen LogP contribution in [-0.2, 0) is 10.8 Å². The largest absolute Gasteiger partial charge is 0.454 e. The van der Waals surface area contributed by atoms with E-state index in [1.54, 1.807) is 0 Å². The second-order valence-electron chi connectivity index (χ2n) is 17.3. The van der Waals surface area contributed by atoms with Gasteiger partial charge in [0, 0.05) is 33.4 Å². The van der Waals surface area contributed by atoms with Crippen LogP contribution in [0.5, 0.6) is 0 Å². The van der Waals surface area contributed by atoms with Gasteiger partial charge in [-0.1, -0.05) is 160 Å². The lowest BCUT2D eigenvalue weighted by molar-refractivity contribution is 0.590. The maximum Gasteiger partial charge on any atom is 0.333 e. The molecule has 58 heavy (non-hydrogen) atoms. The fraction of sp³-hybridized carbons (Fsp3) is 0.111. The van der Waals surface area contributed by atoms with Gasteiger partial charge in [-0.3, -0.25) is 0 Å². The minimum absolute atomic E-state index is 0.0249. The van der Waals surface area contributed by atoms with Crippen molar-refractivity contribution in [3.63, 3.8) is 0 Å². The van der Waals surface area contributed by atoms with Gasteiger partial charge in [-0.05, 0) is 98.6 Å². The summed E-state index contributed by atoms with van der Waals surface area (Å²) in [5.41, 5.74) is 19.9. The van der Waals surface area contributed by atoms with E-state index in [2.05, 4.69) is 213 Å². The molecule has 3 aliphatic heterocycles. The summed E-state index contributed by atoms with van der Waals surface area (Å²) in [6, 6.07) is 65.7. The third-order valence-electron chi connectivity index (χ3n) is 13.1. The van der Waals surface area contributed by atoms with E-state index in [4.69, 9.17) is 4.42 Å². The lowest BCUT2D eigenvalue weighted by Crippen LogP contribution is -2.62. The van der Waals surface area contributed by atoms with Crippen molar-refractivity contribution in [1.82, 2.24) is 0 Å². The molecule has 0 saturated carbocycles. The van der Waals surface area contributed by atoms with Crippen molar-refractivity contribution in [3.05, 3.63) is 209 Å². The van der Waals surface area contributed by atoms with Gasteiger partial charge >= 0.3 is 6.85 Å². The van der Waals surface area contributed by atoms with Crippen LogP contribution in [0.4, 0.5) is 28.4 Å². The van der Waals surface area contributed by atoms with Gasteiger partial charge in [0.25, 0.3) is 0 Å². The summed E-state index contributed by atoms with van der Waals surface area (Å²) in [7, 11) is 0. The highest BCUT2D eigenvalue weighted by Gasteiger charge is 2.53. The van der Waals surface area contributed by atoms with E-state index in [1.807, 2.05) is 0 Å². The molecule has 0 unspecified atom stereocenters. The number of hydrogen-bond acceptors (Lipinski definition) is 3. The molecule has 0 saturated heterocycles. The number of rotatable bonds is 3. The zero-order valence-corrected chi connectivity index (χ0v) is 33.1. The molecule has 4 heteroatoms. The summed E-state index contributed by atoms with van der Waals surface area (Å²) < 4.78 is 6.98. The second kappa shape index (κ2) is 11.9. The van der Waals surface area contributed by atoms with Crippen molar-refractivity contribution in [2.24, 2.45) is 0 Å². The Morgan fingerprint density at radius 1 is 0.552 bits per heavy atom. The van der Waals surface area contributed by atoms with Crippen molar-refractivity contribution in [2.45, 2.75) is 38.5 Å². The molecule has 4 heterocycles. The minimum Gasteiger partial charge on any atom is -0.454 e. The van der Waals surface area contributed by atoms with E-state index < -0.39 is 5.41 Å². The van der Waals surface area contributed by atoms with Gasteiger partial charge in [-0.15, -0.1) is 0 Å². The summed E-state index contributed by atoms with van der Waals surface area (Å²) >= 11 is 0. The molecule has 0 aliphatic carbocycles. The number of para-hydroxylation sites is 3. The lowest BCUT2D eigenvalue weighted by Gasteiger charge is -2.52. The Morgan fingerprint density at radius 3 is 1.97 bits per heavy atom.